The molecule has 242 valence electrons. The van der Waals surface area contributed by atoms with Crippen LogP contribution in [0.2, 0.25) is 6.04 Å². The van der Waals surface area contributed by atoms with Crippen LogP contribution in [0.15, 0.2) is 0 Å². The number of carbonyl (C=O) groups excluding carboxylic acids is 2. The lowest BCUT2D eigenvalue weighted by molar-refractivity contribution is -0.282. The highest BCUT2D eigenvalue weighted by molar-refractivity contribution is 8.13. The fourth-order valence-corrected chi connectivity index (χ4v) is 8.64. The van der Waals surface area contributed by atoms with Gasteiger partial charge < -0.3 is 36.3 Å². The van der Waals surface area contributed by atoms with Crippen molar-refractivity contribution in [2.75, 3.05) is 57.8 Å². The Balaban J connectivity index is 6.55. The van der Waals surface area contributed by atoms with Gasteiger partial charge in [-0.05, 0) is 65.6 Å². The Morgan fingerprint density at radius 2 is 1.59 bits per heavy atom. The average molecular weight is 659 g/mol. The van der Waals surface area contributed by atoms with Gasteiger partial charge in [0.25, 0.3) is 0 Å². The second-order valence-electron chi connectivity index (χ2n) is 9.29. The molecule has 2 atom stereocenters. The van der Waals surface area contributed by atoms with E-state index in [1.807, 2.05) is 41.5 Å². The average Bonchev–Trinajstić information content (AvgIpc) is 2.95. The summed E-state index contributed by atoms with van der Waals surface area (Å²) >= 11 is 5.67. The lowest BCUT2D eigenvalue weighted by Gasteiger charge is -2.49. The van der Waals surface area contributed by atoms with Gasteiger partial charge in [-0.15, -0.1) is 0 Å². The summed E-state index contributed by atoms with van der Waals surface area (Å²) in [6, 6.07) is 0.539. The van der Waals surface area contributed by atoms with Gasteiger partial charge in [0.2, 0.25) is 0 Å². The van der Waals surface area contributed by atoms with Crippen molar-refractivity contribution in [2.45, 2.75) is 98.8 Å². The molecular weight excluding hydrogens is 605 g/mol. The molecule has 0 heterocycles. The number of hydrogen-bond acceptors (Lipinski definition) is 12. The molecule has 0 aromatic carbocycles. The molecule has 0 rings (SSSR count). The predicted molar refractivity (Wildman–Crippen MR) is 168 cm³/mol. The van der Waals surface area contributed by atoms with Crippen molar-refractivity contribution in [3.63, 3.8) is 0 Å². The minimum Gasteiger partial charge on any atom is -0.434 e. The molecule has 0 aliphatic rings. The monoisotopic (exact) mass is 658 g/mol. The standard InChI is InChI=1S/C27H54O10S2Si2/c1-8-18-30-25(29)31-22-26(9-2,27(32-10-3,17-14-15-19-38)37-40-33-11-4)23-36-41(34-12-5,35-13-6)21-16-20-39-24(7)28/h38H,8-23H2,1-7H3. The van der Waals surface area contributed by atoms with Crippen LogP contribution in [0.25, 0.3) is 0 Å². The molecule has 0 N–H and O–H groups in total. The summed E-state index contributed by atoms with van der Waals surface area (Å²) in [4.78, 5) is 24.0. The van der Waals surface area contributed by atoms with E-state index in [0.29, 0.717) is 69.7 Å². The zero-order valence-electron chi connectivity index (χ0n) is 26.3. The fourth-order valence-electron chi connectivity index (χ4n) is 4.23. The highest BCUT2D eigenvalue weighted by Crippen LogP contribution is 2.44. The van der Waals surface area contributed by atoms with Crippen LogP contribution in [-0.2, 0) is 41.1 Å². The number of hydrogen-bond donors (Lipinski definition) is 1. The Morgan fingerprint density at radius 1 is 0.878 bits per heavy atom. The largest absolute Gasteiger partial charge is 0.508 e. The van der Waals surface area contributed by atoms with Gasteiger partial charge >= 0.3 is 25.0 Å². The molecule has 0 aliphatic heterocycles. The first kappa shape index (κ1) is 40.8. The van der Waals surface area contributed by atoms with Crippen LogP contribution in [0.5, 0.6) is 0 Å². The maximum absolute atomic E-state index is 12.5. The van der Waals surface area contributed by atoms with Gasteiger partial charge in [0.15, 0.2) is 10.9 Å². The lowest BCUT2D eigenvalue weighted by Crippen LogP contribution is -2.60. The summed E-state index contributed by atoms with van der Waals surface area (Å²) in [5.41, 5.74) is -0.949. The molecule has 10 nitrogen and oxygen atoms in total. The molecule has 0 aromatic rings. The van der Waals surface area contributed by atoms with Crippen molar-refractivity contribution in [3.05, 3.63) is 0 Å². The van der Waals surface area contributed by atoms with Gasteiger partial charge in [-0.2, -0.15) is 12.6 Å². The Labute approximate surface area is 261 Å². The van der Waals surface area contributed by atoms with Gasteiger partial charge in [0, 0.05) is 51.6 Å². The molecule has 0 bridgehead atoms. The summed E-state index contributed by atoms with van der Waals surface area (Å²) in [5.74, 6) is 0.166. The number of ether oxygens (including phenoxy) is 3. The zero-order chi connectivity index (χ0) is 31.0. The van der Waals surface area contributed by atoms with E-state index in [9.17, 15) is 9.59 Å². The van der Waals surface area contributed by atoms with Crippen molar-refractivity contribution >= 4 is 54.5 Å². The molecule has 0 aliphatic carbocycles. The van der Waals surface area contributed by atoms with Gasteiger partial charge in [-0.25, -0.2) is 4.79 Å². The van der Waals surface area contributed by atoms with Crippen molar-refractivity contribution in [2.24, 2.45) is 5.41 Å². The molecule has 2 unspecified atom stereocenters. The summed E-state index contributed by atoms with van der Waals surface area (Å²) in [7, 11) is -3.48. The van der Waals surface area contributed by atoms with Crippen LogP contribution in [0.4, 0.5) is 4.79 Å². The molecule has 14 heteroatoms. The molecule has 0 spiro atoms. The van der Waals surface area contributed by atoms with E-state index >= 15 is 0 Å². The summed E-state index contributed by atoms with van der Waals surface area (Å²) in [6.45, 7) is 15.0. The third kappa shape index (κ3) is 15.4. The van der Waals surface area contributed by atoms with Crippen LogP contribution in [-0.4, -0.2) is 93.6 Å². The number of thioether (sulfide) groups is 1. The van der Waals surface area contributed by atoms with Crippen molar-refractivity contribution in [3.8, 4) is 0 Å². The summed E-state index contributed by atoms with van der Waals surface area (Å²) < 4.78 is 48.7. The van der Waals surface area contributed by atoms with E-state index in [1.165, 1.54) is 11.8 Å². The Hall–Kier alpha value is -0.166. The minimum atomic E-state index is -3.20. The van der Waals surface area contributed by atoms with Crippen molar-refractivity contribution in [1.82, 2.24) is 0 Å². The normalized spacial score (nSPS) is 14.8. The van der Waals surface area contributed by atoms with E-state index < -0.39 is 26.2 Å². The molecule has 0 fully saturated rings. The van der Waals surface area contributed by atoms with E-state index in [0.717, 1.165) is 12.8 Å². The maximum atomic E-state index is 12.5. The van der Waals surface area contributed by atoms with Crippen molar-refractivity contribution < 1.29 is 45.9 Å². The first-order valence-electron chi connectivity index (χ1n) is 14.8. The van der Waals surface area contributed by atoms with E-state index in [1.54, 1.807) is 6.92 Å². The SMILES string of the molecule is CCCOC(=O)OCC(CC)(CO[Si](CCCSC(C)=O)(OCC)OCC)C(CCCCS)(OCC)O[Si]OCC. The Kier molecular flexibility index (Phi) is 24.1. The first-order valence-corrected chi connectivity index (χ1v) is 19.2. The molecule has 0 saturated carbocycles. The van der Waals surface area contributed by atoms with Crippen molar-refractivity contribution in [1.29, 1.82) is 0 Å². The van der Waals surface area contributed by atoms with E-state index in [-0.39, 0.29) is 34.9 Å². The second kappa shape index (κ2) is 24.2. The van der Waals surface area contributed by atoms with Gasteiger partial charge in [-0.3, -0.25) is 4.79 Å². The molecule has 0 amide bonds. The maximum Gasteiger partial charge on any atom is 0.508 e. The van der Waals surface area contributed by atoms with Crippen LogP contribution in [0.3, 0.4) is 0 Å². The molecule has 2 radical (unpaired) electrons. The second-order valence-corrected chi connectivity index (χ2v) is 14.4. The topological polar surface area (TPSA) is 108 Å². The zero-order valence-corrected chi connectivity index (χ0v) is 30.0. The summed E-state index contributed by atoms with van der Waals surface area (Å²) in [6.07, 6.45) is 3.25. The number of thiol groups is 1. The predicted octanol–water partition coefficient (Wildman–Crippen LogP) is 6.06. The van der Waals surface area contributed by atoms with E-state index in [2.05, 4.69) is 12.6 Å². The van der Waals surface area contributed by atoms with Crippen LogP contribution in [0.1, 0.15) is 87.0 Å². The highest BCUT2D eigenvalue weighted by atomic mass is 32.2. The molecule has 0 aromatic heterocycles. The molecule has 41 heavy (non-hydrogen) atoms. The quantitative estimate of drug-likeness (QED) is 0.0366. The van der Waals surface area contributed by atoms with Gasteiger partial charge in [0.05, 0.1) is 18.6 Å². The van der Waals surface area contributed by atoms with Gasteiger partial charge in [0.1, 0.15) is 6.61 Å². The van der Waals surface area contributed by atoms with E-state index in [4.69, 9.17) is 36.3 Å². The number of unbranched alkanes of at least 4 members (excludes halogenated alkanes) is 1. The summed E-state index contributed by atoms with van der Waals surface area (Å²) in [5, 5.41) is 0.0677. The first-order chi connectivity index (χ1) is 19.7. The number of carbonyl (C=O) groups is 2. The molecule has 0 saturated heterocycles. The third-order valence-corrected chi connectivity index (χ3v) is 11.3. The third-order valence-electron chi connectivity index (χ3n) is 6.31. The smallest absolute Gasteiger partial charge is 0.434 e. The lowest BCUT2D eigenvalue weighted by atomic mass is 9.75. The van der Waals surface area contributed by atoms with Crippen LogP contribution in [0, 0.1) is 5.41 Å². The Morgan fingerprint density at radius 3 is 2.12 bits per heavy atom. The Bertz CT molecular complexity index is 676. The highest BCUT2D eigenvalue weighted by Gasteiger charge is 2.56. The van der Waals surface area contributed by atoms with Gasteiger partial charge in [-0.1, -0.05) is 25.6 Å². The minimum absolute atomic E-state index is 0.0630. The number of rotatable bonds is 27. The van der Waals surface area contributed by atoms with Crippen LogP contribution < -0.4 is 0 Å². The fraction of sp³-hybridized carbons (Fsp3) is 0.926. The van der Waals surface area contributed by atoms with Crippen LogP contribution >= 0.6 is 24.4 Å². The molecular formula is C27H54O10S2Si2.